The first kappa shape index (κ1) is 17.6. The molecule has 0 aromatic heterocycles. The van der Waals surface area contributed by atoms with Crippen molar-refractivity contribution in [3.63, 3.8) is 0 Å². The van der Waals surface area contributed by atoms with Crippen molar-refractivity contribution >= 4 is 12.1 Å². The zero-order chi connectivity index (χ0) is 19.0. The lowest BCUT2D eigenvalue weighted by molar-refractivity contribution is -0.139. The molecule has 1 aliphatic carbocycles. The number of hydrogen-bond acceptors (Lipinski definition) is 4. The van der Waals surface area contributed by atoms with Crippen LogP contribution in [0, 0.1) is 5.92 Å². The molecule has 140 valence electrons. The van der Waals surface area contributed by atoms with Crippen LogP contribution in [0.4, 0.5) is 4.79 Å². The predicted molar refractivity (Wildman–Crippen MR) is 101 cm³/mol. The number of hydrogen-bond donors (Lipinski definition) is 0. The highest BCUT2D eigenvalue weighted by molar-refractivity contribution is 5.84. The number of cyclic esters (lactones) is 1. The van der Waals surface area contributed by atoms with Crippen LogP contribution in [0.3, 0.4) is 0 Å². The molecule has 1 heterocycles. The molecular formula is C22H23NO4. The second-order valence-electron chi connectivity index (χ2n) is 7.51. The minimum absolute atomic E-state index is 0.00382. The van der Waals surface area contributed by atoms with Crippen LogP contribution in [-0.4, -0.2) is 36.3 Å². The van der Waals surface area contributed by atoms with E-state index in [2.05, 4.69) is 24.3 Å². The average Bonchev–Trinajstić information content (AvgIpc) is 3.18. The van der Waals surface area contributed by atoms with Gasteiger partial charge in [-0.3, -0.25) is 4.90 Å². The molecule has 4 rings (SSSR count). The summed E-state index contributed by atoms with van der Waals surface area (Å²) in [6, 6.07) is 15.9. The Balaban J connectivity index is 1.50. The van der Waals surface area contributed by atoms with Gasteiger partial charge in [0.05, 0.1) is 0 Å². The van der Waals surface area contributed by atoms with Gasteiger partial charge < -0.3 is 9.47 Å². The van der Waals surface area contributed by atoms with Crippen LogP contribution < -0.4 is 0 Å². The summed E-state index contributed by atoms with van der Waals surface area (Å²) in [5.74, 6) is -0.0640. The van der Waals surface area contributed by atoms with E-state index in [1.807, 2.05) is 38.1 Å². The van der Waals surface area contributed by atoms with E-state index in [1.54, 1.807) is 0 Å². The standard InChI is InChI=1S/C22H23NO4/c1-14(2)11-20-21(24)27-13-23(20)22(25)26-12-19-17-9-5-3-7-15(17)16-8-4-6-10-18(16)19/h3-10,14,19-20H,11-13H2,1-2H3/t20-/m0/s1. The lowest BCUT2D eigenvalue weighted by Crippen LogP contribution is -2.39. The summed E-state index contributed by atoms with van der Waals surface area (Å²) >= 11 is 0. The highest BCUT2D eigenvalue weighted by Crippen LogP contribution is 2.44. The third-order valence-corrected chi connectivity index (χ3v) is 5.26. The number of fused-ring (bicyclic) bond motifs is 3. The van der Waals surface area contributed by atoms with E-state index < -0.39 is 12.1 Å². The second kappa shape index (κ2) is 7.06. The van der Waals surface area contributed by atoms with Gasteiger partial charge in [-0.05, 0) is 34.6 Å². The molecule has 0 saturated carbocycles. The van der Waals surface area contributed by atoms with Crippen molar-refractivity contribution in [2.24, 2.45) is 5.92 Å². The molecule has 0 unspecified atom stereocenters. The van der Waals surface area contributed by atoms with Gasteiger partial charge in [0.2, 0.25) is 0 Å². The molecule has 1 saturated heterocycles. The van der Waals surface area contributed by atoms with Gasteiger partial charge in [0.1, 0.15) is 12.6 Å². The third-order valence-electron chi connectivity index (χ3n) is 5.26. The topological polar surface area (TPSA) is 55.8 Å². The molecule has 2 aromatic carbocycles. The SMILES string of the molecule is CC(C)C[C@H]1C(=O)OCN1C(=O)OCC1c2ccccc2-c2ccccc21. The summed E-state index contributed by atoms with van der Waals surface area (Å²) < 4.78 is 10.7. The summed E-state index contributed by atoms with van der Waals surface area (Å²) in [5, 5.41) is 0. The Labute approximate surface area is 158 Å². The second-order valence-corrected chi connectivity index (χ2v) is 7.51. The number of carbonyl (C=O) groups is 2. The molecule has 0 N–H and O–H groups in total. The Morgan fingerprint density at radius 2 is 1.70 bits per heavy atom. The van der Waals surface area contributed by atoms with Gasteiger partial charge >= 0.3 is 12.1 Å². The summed E-state index contributed by atoms with van der Waals surface area (Å²) in [5.41, 5.74) is 4.70. The van der Waals surface area contributed by atoms with Crippen molar-refractivity contribution in [3.05, 3.63) is 59.7 Å². The number of carbonyl (C=O) groups excluding carboxylic acids is 2. The minimum atomic E-state index is -0.555. The van der Waals surface area contributed by atoms with E-state index >= 15 is 0 Å². The number of benzene rings is 2. The van der Waals surface area contributed by atoms with Crippen LogP contribution in [-0.2, 0) is 14.3 Å². The summed E-state index contributed by atoms with van der Waals surface area (Å²) in [4.78, 5) is 26.0. The van der Waals surface area contributed by atoms with Crippen molar-refractivity contribution in [1.82, 2.24) is 4.90 Å². The quantitative estimate of drug-likeness (QED) is 0.763. The maximum Gasteiger partial charge on any atom is 0.413 e. The predicted octanol–water partition coefficient (Wildman–Crippen LogP) is 4.17. The zero-order valence-electron chi connectivity index (χ0n) is 15.6. The molecule has 27 heavy (non-hydrogen) atoms. The van der Waals surface area contributed by atoms with E-state index in [-0.39, 0.29) is 31.1 Å². The Morgan fingerprint density at radius 1 is 1.11 bits per heavy atom. The fourth-order valence-electron chi connectivity index (χ4n) is 3.97. The molecule has 0 bridgehead atoms. The molecule has 5 nitrogen and oxygen atoms in total. The van der Waals surface area contributed by atoms with Gasteiger partial charge in [-0.1, -0.05) is 62.4 Å². The van der Waals surface area contributed by atoms with Crippen molar-refractivity contribution in [1.29, 1.82) is 0 Å². The Kier molecular flexibility index (Phi) is 4.60. The molecule has 1 aliphatic heterocycles. The highest BCUT2D eigenvalue weighted by Gasteiger charge is 2.39. The molecule has 2 aliphatic rings. The van der Waals surface area contributed by atoms with Gasteiger partial charge in [-0.2, -0.15) is 0 Å². The van der Waals surface area contributed by atoms with E-state index in [9.17, 15) is 9.59 Å². The number of rotatable bonds is 4. The molecular weight excluding hydrogens is 342 g/mol. The molecule has 5 heteroatoms. The van der Waals surface area contributed by atoms with Crippen LogP contribution >= 0.6 is 0 Å². The third kappa shape index (κ3) is 3.18. The molecule has 1 fully saturated rings. The zero-order valence-corrected chi connectivity index (χ0v) is 15.6. The van der Waals surface area contributed by atoms with Crippen LogP contribution in [0.5, 0.6) is 0 Å². The monoisotopic (exact) mass is 365 g/mol. The van der Waals surface area contributed by atoms with E-state index in [4.69, 9.17) is 9.47 Å². The fraction of sp³-hybridized carbons (Fsp3) is 0.364. The van der Waals surface area contributed by atoms with E-state index in [0.717, 1.165) is 0 Å². The minimum Gasteiger partial charge on any atom is -0.448 e. The summed E-state index contributed by atoms with van der Waals surface area (Å²) in [6.45, 7) is 4.24. The maximum absolute atomic E-state index is 12.6. The smallest absolute Gasteiger partial charge is 0.413 e. The van der Waals surface area contributed by atoms with Crippen molar-refractivity contribution < 1.29 is 19.1 Å². The van der Waals surface area contributed by atoms with Crippen LogP contribution in [0.25, 0.3) is 11.1 Å². The average molecular weight is 365 g/mol. The fourth-order valence-corrected chi connectivity index (χ4v) is 3.97. The number of ether oxygens (including phenoxy) is 2. The normalized spacial score (nSPS) is 18.4. The lowest BCUT2D eigenvalue weighted by Gasteiger charge is -2.22. The molecule has 0 spiro atoms. The summed E-state index contributed by atoms with van der Waals surface area (Å²) in [6.07, 6.45) is 0.0802. The number of nitrogens with zero attached hydrogens (tertiary/aromatic N) is 1. The maximum atomic E-state index is 12.6. The molecule has 1 amide bonds. The first-order valence-electron chi connectivity index (χ1n) is 9.34. The Morgan fingerprint density at radius 3 is 2.30 bits per heavy atom. The molecule has 1 atom stereocenters. The first-order valence-corrected chi connectivity index (χ1v) is 9.34. The lowest BCUT2D eigenvalue weighted by atomic mass is 9.98. The van der Waals surface area contributed by atoms with Crippen LogP contribution in [0.15, 0.2) is 48.5 Å². The van der Waals surface area contributed by atoms with Gasteiger partial charge in [-0.25, -0.2) is 9.59 Å². The molecule has 0 radical (unpaired) electrons. The van der Waals surface area contributed by atoms with Crippen molar-refractivity contribution in [2.75, 3.05) is 13.3 Å². The molecule has 2 aromatic rings. The van der Waals surface area contributed by atoms with Gasteiger partial charge in [-0.15, -0.1) is 0 Å². The van der Waals surface area contributed by atoms with Crippen molar-refractivity contribution in [3.8, 4) is 11.1 Å². The Bertz CT molecular complexity index is 831. The number of amides is 1. The van der Waals surface area contributed by atoms with Gasteiger partial charge in [0.25, 0.3) is 0 Å². The van der Waals surface area contributed by atoms with Gasteiger partial charge in [0, 0.05) is 5.92 Å². The van der Waals surface area contributed by atoms with Crippen LogP contribution in [0.1, 0.15) is 37.3 Å². The van der Waals surface area contributed by atoms with Crippen LogP contribution in [0.2, 0.25) is 0 Å². The Hall–Kier alpha value is -2.82. The number of esters is 1. The summed E-state index contributed by atoms with van der Waals surface area (Å²) in [7, 11) is 0. The van der Waals surface area contributed by atoms with E-state index in [0.29, 0.717) is 6.42 Å². The largest absolute Gasteiger partial charge is 0.448 e. The highest BCUT2D eigenvalue weighted by atomic mass is 16.6. The first-order chi connectivity index (χ1) is 13.1. The van der Waals surface area contributed by atoms with Crippen molar-refractivity contribution in [2.45, 2.75) is 32.2 Å². The van der Waals surface area contributed by atoms with E-state index in [1.165, 1.54) is 27.2 Å². The van der Waals surface area contributed by atoms with Gasteiger partial charge in [0.15, 0.2) is 6.73 Å².